The fourth-order valence-corrected chi connectivity index (χ4v) is 2.45. The van der Waals surface area contributed by atoms with Gasteiger partial charge in [-0.2, -0.15) is 12.6 Å². The van der Waals surface area contributed by atoms with E-state index in [2.05, 4.69) is 41.8 Å². The van der Waals surface area contributed by atoms with E-state index in [0.29, 0.717) is 6.61 Å². The van der Waals surface area contributed by atoms with Gasteiger partial charge in [-0.3, -0.25) is 0 Å². The molecule has 0 atom stereocenters. The van der Waals surface area contributed by atoms with Crippen LogP contribution in [0.25, 0.3) is 0 Å². The smallest absolute Gasteiger partial charge is 0.189 e. The average molecular weight is 316 g/mol. The minimum atomic E-state index is -0.0645. The number of thioether (sulfide) groups is 1. The van der Waals surface area contributed by atoms with Crippen LogP contribution in [0.1, 0.15) is 39.5 Å². The molecular formula is C14H25N3OS2. The van der Waals surface area contributed by atoms with E-state index in [9.17, 15) is 0 Å². The summed E-state index contributed by atoms with van der Waals surface area (Å²) in [6.07, 6.45) is 6.07. The molecule has 4 nitrogen and oxygen atoms in total. The first-order chi connectivity index (χ1) is 9.51. The van der Waals surface area contributed by atoms with Crippen LogP contribution in [0.3, 0.4) is 0 Å². The Hall–Kier alpha value is -0.460. The van der Waals surface area contributed by atoms with Crippen molar-refractivity contribution in [3.8, 4) is 0 Å². The zero-order valence-electron chi connectivity index (χ0n) is 12.3. The summed E-state index contributed by atoms with van der Waals surface area (Å²) in [5.41, 5.74) is 0. The second-order valence-electron chi connectivity index (χ2n) is 5.38. The molecule has 2 N–H and O–H groups in total. The van der Waals surface area contributed by atoms with Gasteiger partial charge in [-0.05, 0) is 32.8 Å². The van der Waals surface area contributed by atoms with Crippen LogP contribution >= 0.6 is 24.4 Å². The molecule has 114 valence electrons. The van der Waals surface area contributed by atoms with Crippen LogP contribution in [0.2, 0.25) is 0 Å². The number of hydrogen-bond acceptors (Lipinski definition) is 6. The molecule has 0 bridgehead atoms. The van der Waals surface area contributed by atoms with E-state index in [1.807, 2.05) is 6.07 Å². The Balaban J connectivity index is 2.29. The van der Waals surface area contributed by atoms with Gasteiger partial charge in [0.15, 0.2) is 5.16 Å². The highest BCUT2D eigenvalue weighted by Crippen LogP contribution is 2.18. The molecule has 0 aliphatic carbocycles. The zero-order chi connectivity index (χ0) is 14.8. The van der Waals surface area contributed by atoms with Crippen LogP contribution in [-0.4, -0.2) is 38.7 Å². The van der Waals surface area contributed by atoms with Gasteiger partial charge in [0.1, 0.15) is 5.82 Å². The largest absolute Gasteiger partial charge is 0.396 e. The van der Waals surface area contributed by atoms with Gasteiger partial charge in [0.2, 0.25) is 0 Å². The summed E-state index contributed by atoms with van der Waals surface area (Å²) in [6, 6.07) is 1.88. The number of unbranched alkanes of at least 4 members (excludes halogenated alkanes) is 3. The number of rotatable bonds is 10. The SMILES string of the molecule is CC(C)(S)CNc1ccnc(SCCCCCCO)n1. The lowest BCUT2D eigenvalue weighted by molar-refractivity contribution is 0.283. The van der Waals surface area contributed by atoms with E-state index < -0.39 is 0 Å². The standard InChI is InChI=1S/C14H25N3OS2/c1-14(2,19)11-16-12-7-8-15-13(17-12)20-10-6-4-3-5-9-18/h7-8,18-19H,3-6,9-11H2,1-2H3,(H,15,16,17). The Kier molecular flexibility index (Phi) is 8.33. The highest BCUT2D eigenvalue weighted by atomic mass is 32.2. The van der Waals surface area contributed by atoms with Crippen molar-refractivity contribution < 1.29 is 5.11 Å². The lowest BCUT2D eigenvalue weighted by atomic mass is 10.2. The number of hydrogen-bond donors (Lipinski definition) is 3. The van der Waals surface area contributed by atoms with Crippen LogP contribution < -0.4 is 5.32 Å². The number of nitrogens with one attached hydrogen (secondary N) is 1. The second-order valence-corrected chi connectivity index (χ2v) is 7.65. The zero-order valence-corrected chi connectivity index (χ0v) is 14.0. The van der Waals surface area contributed by atoms with Crippen molar-refractivity contribution in [1.82, 2.24) is 9.97 Å². The summed E-state index contributed by atoms with van der Waals surface area (Å²) in [7, 11) is 0. The van der Waals surface area contributed by atoms with Crippen LogP contribution in [0.5, 0.6) is 0 Å². The summed E-state index contributed by atoms with van der Waals surface area (Å²) < 4.78 is -0.0645. The molecular weight excluding hydrogens is 290 g/mol. The summed E-state index contributed by atoms with van der Waals surface area (Å²) in [4.78, 5) is 8.75. The Bertz CT molecular complexity index is 383. The summed E-state index contributed by atoms with van der Waals surface area (Å²) in [5, 5.41) is 12.8. The van der Waals surface area contributed by atoms with Gasteiger partial charge in [0.25, 0.3) is 0 Å². The minimum absolute atomic E-state index is 0.0645. The van der Waals surface area contributed by atoms with Crippen molar-refractivity contribution >= 4 is 30.2 Å². The summed E-state index contributed by atoms with van der Waals surface area (Å²) >= 11 is 6.16. The Morgan fingerprint density at radius 3 is 2.75 bits per heavy atom. The lowest BCUT2D eigenvalue weighted by Gasteiger charge is -2.18. The monoisotopic (exact) mass is 315 g/mol. The number of thiol groups is 1. The Morgan fingerprint density at radius 2 is 2.05 bits per heavy atom. The van der Waals surface area contributed by atoms with Crippen LogP contribution in [-0.2, 0) is 0 Å². The fraction of sp³-hybridized carbons (Fsp3) is 0.714. The second kappa shape index (κ2) is 9.47. The molecule has 1 rings (SSSR count). The molecule has 0 aliphatic rings. The minimum Gasteiger partial charge on any atom is -0.396 e. The predicted octanol–water partition coefficient (Wildman–Crippen LogP) is 3.24. The first kappa shape index (κ1) is 17.6. The molecule has 0 unspecified atom stereocenters. The molecule has 1 aromatic rings. The molecule has 1 heterocycles. The number of nitrogens with zero attached hydrogens (tertiary/aromatic N) is 2. The molecule has 0 radical (unpaired) electrons. The van der Waals surface area contributed by atoms with Crippen LogP contribution in [0.15, 0.2) is 17.4 Å². The number of aromatic nitrogens is 2. The molecule has 0 aromatic carbocycles. The Labute approximate surface area is 131 Å². The third kappa shape index (κ3) is 8.66. The van der Waals surface area contributed by atoms with Crippen LogP contribution in [0, 0.1) is 0 Å². The third-order valence-corrected chi connectivity index (χ3v) is 3.73. The number of anilines is 1. The van der Waals surface area contributed by atoms with Gasteiger partial charge in [-0.25, -0.2) is 9.97 Å². The molecule has 0 spiro atoms. The maximum atomic E-state index is 8.70. The van der Waals surface area contributed by atoms with Gasteiger partial charge < -0.3 is 10.4 Å². The van der Waals surface area contributed by atoms with Crippen molar-refractivity contribution in [3.63, 3.8) is 0 Å². The first-order valence-electron chi connectivity index (χ1n) is 7.04. The summed E-state index contributed by atoms with van der Waals surface area (Å²) in [6.45, 7) is 5.18. The molecule has 0 fully saturated rings. The maximum absolute atomic E-state index is 8.70. The highest BCUT2D eigenvalue weighted by molar-refractivity contribution is 7.99. The van der Waals surface area contributed by atoms with Crippen molar-refractivity contribution in [2.24, 2.45) is 0 Å². The van der Waals surface area contributed by atoms with E-state index in [4.69, 9.17) is 5.11 Å². The number of aliphatic hydroxyl groups excluding tert-OH is 1. The fourth-order valence-electron chi connectivity index (χ4n) is 1.55. The average Bonchev–Trinajstić information content (AvgIpc) is 2.40. The molecule has 1 aromatic heterocycles. The molecule has 0 saturated carbocycles. The van der Waals surface area contributed by atoms with Gasteiger partial charge in [-0.15, -0.1) is 0 Å². The summed E-state index contributed by atoms with van der Waals surface area (Å²) in [5.74, 6) is 1.87. The van der Waals surface area contributed by atoms with E-state index in [0.717, 1.165) is 49.0 Å². The highest BCUT2D eigenvalue weighted by Gasteiger charge is 2.11. The normalized spacial score (nSPS) is 11.6. The Morgan fingerprint density at radius 1 is 1.30 bits per heavy atom. The predicted molar refractivity (Wildman–Crippen MR) is 89.9 cm³/mol. The third-order valence-electron chi connectivity index (χ3n) is 2.62. The maximum Gasteiger partial charge on any atom is 0.189 e. The van der Waals surface area contributed by atoms with Gasteiger partial charge in [0, 0.05) is 29.8 Å². The quantitative estimate of drug-likeness (QED) is 0.268. The topological polar surface area (TPSA) is 58.0 Å². The van der Waals surface area contributed by atoms with Crippen molar-refractivity contribution in [1.29, 1.82) is 0 Å². The van der Waals surface area contributed by atoms with Gasteiger partial charge in [0.05, 0.1) is 0 Å². The van der Waals surface area contributed by atoms with Gasteiger partial charge >= 0.3 is 0 Å². The first-order valence-corrected chi connectivity index (χ1v) is 8.47. The van der Waals surface area contributed by atoms with E-state index in [1.54, 1.807) is 18.0 Å². The van der Waals surface area contributed by atoms with E-state index in [-0.39, 0.29) is 4.75 Å². The number of aliphatic hydroxyl groups is 1. The van der Waals surface area contributed by atoms with Crippen LogP contribution in [0.4, 0.5) is 5.82 Å². The molecule has 6 heteroatoms. The molecule has 0 aliphatic heterocycles. The molecule has 0 amide bonds. The van der Waals surface area contributed by atoms with Crippen molar-refractivity contribution in [2.45, 2.75) is 49.4 Å². The molecule has 0 saturated heterocycles. The van der Waals surface area contributed by atoms with Gasteiger partial charge in [-0.1, -0.05) is 24.6 Å². The molecule has 20 heavy (non-hydrogen) atoms. The van der Waals surface area contributed by atoms with Crippen molar-refractivity contribution in [3.05, 3.63) is 12.3 Å². The lowest BCUT2D eigenvalue weighted by Crippen LogP contribution is -2.23. The van der Waals surface area contributed by atoms with Crippen molar-refractivity contribution in [2.75, 3.05) is 24.2 Å². The van der Waals surface area contributed by atoms with E-state index in [1.165, 1.54) is 0 Å². The van der Waals surface area contributed by atoms with E-state index >= 15 is 0 Å².